The van der Waals surface area contributed by atoms with Gasteiger partial charge in [-0.1, -0.05) is 6.07 Å². The van der Waals surface area contributed by atoms with Gasteiger partial charge in [0.1, 0.15) is 17.0 Å². The van der Waals surface area contributed by atoms with Crippen molar-refractivity contribution in [3.05, 3.63) is 52.6 Å². The monoisotopic (exact) mass is 521 g/mol. The summed E-state index contributed by atoms with van der Waals surface area (Å²) in [4.78, 5) is 24.3. The number of amides is 1. The van der Waals surface area contributed by atoms with Crippen LogP contribution in [0.15, 0.2) is 18.2 Å². The molecule has 194 valence electrons. The third kappa shape index (κ3) is 4.92. The van der Waals surface area contributed by atoms with Crippen LogP contribution in [0.3, 0.4) is 0 Å². The number of hydrogen-bond donors (Lipinski definition) is 1. The molecule has 36 heavy (non-hydrogen) atoms. The molecule has 0 aromatic heterocycles. The maximum atomic E-state index is 14.4. The van der Waals surface area contributed by atoms with Gasteiger partial charge < -0.3 is 19.4 Å². The van der Waals surface area contributed by atoms with Gasteiger partial charge in [0.05, 0.1) is 11.2 Å². The van der Waals surface area contributed by atoms with E-state index in [-0.39, 0.29) is 11.2 Å². The minimum atomic E-state index is -5.75. The second-order valence-corrected chi connectivity index (χ2v) is 8.89. The van der Waals surface area contributed by atoms with Crippen LogP contribution >= 0.6 is 0 Å². The van der Waals surface area contributed by atoms with Crippen molar-refractivity contribution in [1.82, 2.24) is 0 Å². The van der Waals surface area contributed by atoms with Crippen LogP contribution in [0.25, 0.3) is 0 Å². The van der Waals surface area contributed by atoms with Crippen LogP contribution in [-0.2, 0) is 20.3 Å². The van der Waals surface area contributed by atoms with E-state index in [1.54, 1.807) is 33.0 Å². The number of carbonyl (C=O) groups excluding carboxylic acids is 2. The van der Waals surface area contributed by atoms with Gasteiger partial charge in [0.15, 0.2) is 23.3 Å². The lowest BCUT2D eigenvalue weighted by Crippen LogP contribution is -2.41. The zero-order valence-electron chi connectivity index (χ0n) is 19.5. The van der Waals surface area contributed by atoms with Crippen molar-refractivity contribution in [2.24, 2.45) is 0 Å². The van der Waals surface area contributed by atoms with E-state index < -0.39 is 76.5 Å². The van der Waals surface area contributed by atoms with Crippen molar-refractivity contribution < 1.29 is 54.4 Å². The van der Waals surface area contributed by atoms with Gasteiger partial charge in [-0.2, -0.15) is 13.2 Å². The fraction of sp³-hybridized carbons (Fsp3) is 0.364. The molecule has 14 heteroatoms. The molecule has 1 N–H and O–H groups in total. The van der Waals surface area contributed by atoms with Gasteiger partial charge in [-0.3, -0.25) is 9.59 Å². The van der Waals surface area contributed by atoms with Gasteiger partial charge in [-0.15, -0.1) is 0 Å². The molecule has 0 aliphatic carbocycles. The first-order valence-electron chi connectivity index (χ1n) is 10.3. The van der Waals surface area contributed by atoms with Crippen LogP contribution < -0.4 is 15.5 Å². The summed E-state index contributed by atoms with van der Waals surface area (Å²) in [5.74, 6) is -12.8. The molecule has 1 fully saturated rings. The number of benzene rings is 2. The van der Waals surface area contributed by atoms with Gasteiger partial charge in [0.2, 0.25) is 0 Å². The van der Waals surface area contributed by atoms with Crippen LogP contribution in [0.2, 0.25) is 0 Å². The van der Waals surface area contributed by atoms with Gasteiger partial charge >= 0.3 is 19.3 Å². The normalized spacial score (nSPS) is 16.7. The van der Waals surface area contributed by atoms with Gasteiger partial charge in [0, 0.05) is 12.5 Å². The molecule has 3 rings (SSSR count). The lowest BCUT2D eigenvalue weighted by Gasteiger charge is -2.32. The molecule has 1 aliphatic heterocycles. The van der Waals surface area contributed by atoms with Crippen molar-refractivity contribution >= 4 is 30.1 Å². The third-order valence-corrected chi connectivity index (χ3v) is 5.82. The van der Waals surface area contributed by atoms with Gasteiger partial charge in [-0.25, -0.2) is 17.6 Å². The Kier molecular flexibility index (Phi) is 6.92. The van der Waals surface area contributed by atoms with E-state index in [9.17, 15) is 40.3 Å². The highest BCUT2D eigenvalue weighted by atomic mass is 19.4. The molecule has 0 spiro atoms. The molecule has 0 saturated carbocycles. The van der Waals surface area contributed by atoms with Crippen LogP contribution in [-0.4, -0.2) is 30.2 Å². The van der Waals surface area contributed by atoms with Gasteiger partial charge in [0.25, 0.3) is 5.91 Å². The van der Waals surface area contributed by atoms with Crippen LogP contribution in [0, 0.1) is 23.3 Å². The van der Waals surface area contributed by atoms with Crippen molar-refractivity contribution in [3.63, 3.8) is 0 Å². The fourth-order valence-corrected chi connectivity index (χ4v) is 3.31. The Hall–Kier alpha value is -3.13. The quantitative estimate of drug-likeness (QED) is 0.207. The second kappa shape index (κ2) is 9.07. The van der Waals surface area contributed by atoms with Crippen LogP contribution in [0.4, 0.5) is 36.4 Å². The lowest BCUT2D eigenvalue weighted by atomic mass is 9.75. The van der Waals surface area contributed by atoms with Crippen LogP contribution in [0.1, 0.15) is 50.5 Å². The van der Waals surface area contributed by atoms with Gasteiger partial charge in [-0.05, 0) is 45.3 Å². The Morgan fingerprint density at radius 3 is 1.86 bits per heavy atom. The topological polar surface area (TPSA) is 73.9 Å². The van der Waals surface area contributed by atoms with E-state index in [1.807, 2.05) is 0 Å². The molecular formula is C22H19BF7NO5. The molecule has 0 bridgehead atoms. The fourth-order valence-electron chi connectivity index (χ4n) is 3.31. The summed E-state index contributed by atoms with van der Waals surface area (Å²) < 4.78 is 112. The van der Waals surface area contributed by atoms with E-state index in [0.717, 1.165) is 13.0 Å². The van der Waals surface area contributed by atoms with Crippen LogP contribution in [0.5, 0.6) is 5.75 Å². The summed E-state index contributed by atoms with van der Waals surface area (Å²) in [6.45, 7) is 7.83. The first kappa shape index (κ1) is 27.5. The first-order chi connectivity index (χ1) is 16.4. The first-order valence-corrected chi connectivity index (χ1v) is 10.3. The smallest absolute Gasteiger partial charge is 0.427 e. The Morgan fingerprint density at radius 1 is 0.917 bits per heavy atom. The Labute approximate surface area is 200 Å². The average molecular weight is 521 g/mol. The number of alkyl halides is 3. The molecule has 0 radical (unpaired) electrons. The summed E-state index contributed by atoms with van der Waals surface area (Å²) in [6.07, 6.45) is -5.75. The zero-order valence-corrected chi connectivity index (χ0v) is 19.5. The summed E-state index contributed by atoms with van der Waals surface area (Å²) >= 11 is 0. The summed E-state index contributed by atoms with van der Waals surface area (Å²) in [5, 5.41) is 1.55. The molecule has 0 unspecified atom stereocenters. The Morgan fingerprint density at radius 2 is 1.42 bits per heavy atom. The number of esters is 1. The molecule has 0 atom stereocenters. The number of ether oxygens (including phenoxy) is 1. The standard InChI is InChI=1S/C22H19BF7NO5/c1-9(32)34-10-6-7-12(23-35-20(2,3)21(4,5)36-23)11(8-10)19(33)31-18-16(26)14(24)13(22(28,29)30)15(25)17(18)27/h6-8H,1-5H3,(H,31,33). The molecule has 1 saturated heterocycles. The second-order valence-electron chi connectivity index (χ2n) is 8.89. The predicted octanol–water partition coefficient (Wildman–Crippen LogP) is 4.74. The molecule has 1 amide bonds. The number of nitrogens with one attached hydrogen (secondary N) is 1. The van der Waals surface area contributed by atoms with E-state index in [2.05, 4.69) is 0 Å². The molecule has 1 heterocycles. The molecule has 1 aliphatic rings. The third-order valence-electron chi connectivity index (χ3n) is 5.82. The number of rotatable bonds is 4. The number of carbonyl (C=O) groups is 2. The minimum Gasteiger partial charge on any atom is -0.427 e. The summed E-state index contributed by atoms with van der Waals surface area (Å²) in [7, 11) is -1.22. The predicted molar refractivity (Wildman–Crippen MR) is 113 cm³/mol. The summed E-state index contributed by atoms with van der Waals surface area (Å²) in [5.41, 5.74) is -6.86. The summed E-state index contributed by atoms with van der Waals surface area (Å²) in [6, 6.07) is 3.47. The number of anilines is 1. The molecule has 6 nitrogen and oxygen atoms in total. The van der Waals surface area contributed by atoms with Crippen molar-refractivity contribution in [2.75, 3.05) is 5.32 Å². The van der Waals surface area contributed by atoms with Crippen molar-refractivity contribution in [2.45, 2.75) is 52.0 Å². The number of halogens is 7. The maximum absolute atomic E-state index is 14.4. The molecule has 2 aromatic carbocycles. The average Bonchev–Trinajstić information content (AvgIpc) is 2.95. The largest absolute Gasteiger partial charge is 0.495 e. The zero-order chi connectivity index (χ0) is 27.4. The SMILES string of the molecule is CC(=O)Oc1ccc(B2OC(C)(C)C(C)(C)O2)c(C(=O)Nc2c(F)c(F)c(C(F)(F)F)c(F)c2F)c1. The highest BCUT2D eigenvalue weighted by Crippen LogP contribution is 2.39. The molecule has 2 aromatic rings. The lowest BCUT2D eigenvalue weighted by molar-refractivity contribution is -0.143. The minimum absolute atomic E-state index is 0.0317. The van der Waals surface area contributed by atoms with E-state index in [4.69, 9.17) is 14.0 Å². The Bertz CT molecular complexity index is 1200. The Balaban J connectivity index is 2.10. The van der Waals surface area contributed by atoms with E-state index >= 15 is 0 Å². The molecular weight excluding hydrogens is 502 g/mol. The van der Waals surface area contributed by atoms with E-state index in [0.29, 0.717) is 0 Å². The highest BCUT2D eigenvalue weighted by molar-refractivity contribution is 6.63. The van der Waals surface area contributed by atoms with Crippen molar-refractivity contribution in [3.8, 4) is 5.75 Å². The van der Waals surface area contributed by atoms with Crippen molar-refractivity contribution in [1.29, 1.82) is 0 Å². The number of hydrogen-bond acceptors (Lipinski definition) is 5. The van der Waals surface area contributed by atoms with E-state index in [1.165, 1.54) is 12.1 Å². The highest BCUT2D eigenvalue weighted by Gasteiger charge is 2.52. The maximum Gasteiger partial charge on any atom is 0.495 e.